The first kappa shape index (κ1) is 26.2. The third-order valence-corrected chi connectivity index (χ3v) is 6.56. The monoisotopic (exact) mass is 557 g/mol. The van der Waals surface area contributed by atoms with Crippen LogP contribution in [0.25, 0.3) is 16.0 Å². The van der Waals surface area contributed by atoms with Gasteiger partial charge in [0.2, 0.25) is 0 Å². The molecule has 2 N–H and O–H groups in total. The average molecular weight is 558 g/mol. The fourth-order valence-electron chi connectivity index (χ4n) is 4.06. The summed E-state index contributed by atoms with van der Waals surface area (Å²) in [5.74, 6) is -0.428. The first-order valence-electron chi connectivity index (χ1n) is 11.3. The van der Waals surface area contributed by atoms with Gasteiger partial charge in [-0.2, -0.15) is 28.2 Å². The van der Waals surface area contributed by atoms with Gasteiger partial charge in [0.25, 0.3) is 0 Å². The lowest BCUT2D eigenvalue weighted by molar-refractivity contribution is -0.137. The minimum absolute atomic E-state index is 0.113. The first-order valence-corrected chi connectivity index (χ1v) is 12.2. The summed E-state index contributed by atoms with van der Waals surface area (Å²) in [7, 11) is 1.46. The minimum atomic E-state index is -4.73. The van der Waals surface area contributed by atoms with Crippen LogP contribution in [-0.2, 0) is 10.9 Å². The number of anilines is 2. The van der Waals surface area contributed by atoms with E-state index in [1.807, 2.05) is 0 Å². The van der Waals surface area contributed by atoms with Gasteiger partial charge in [0.15, 0.2) is 0 Å². The van der Waals surface area contributed by atoms with Crippen LogP contribution in [0.2, 0.25) is 0 Å². The summed E-state index contributed by atoms with van der Waals surface area (Å²) in [6.07, 6.45) is -1.57. The number of pyridine rings is 1. The van der Waals surface area contributed by atoms with Crippen molar-refractivity contribution < 1.29 is 27.1 Å². The summed E-state index contributed by atoms with van der Waals surface area (Å²) in [5.41, 5.74) is 0.308. The standard InChI is InChI=1S/C25H19F4N7O2S/c1-13-33-21-20(22(38-2)14-3-5-15(26)6-4-14)18(12-30-23(21)39-13)35-24(37)34-16-7-8-19(36-31-9-10-32-36)17(11-16)25(27,28)29/h3-12,22H,1-2H3,(H2,34,35,37). The summed E-state index contributed by atoms with van der Waals surface area (Å²) in [6, 6.07) is 8.10. The van der Waals surface area contributed by atoms with Gasteiger partial charge in [0.1, 0.15) is 22.3 Å². The van der Waals surface area contributed by atoms with E-state index in [1.54, 1.807) is 19.1 Å². The number of carbonyl (C=O) groups is 1. The van der Waals surface area contributed by atoms with Crippen LogP contribution in [-0.4, -0.2) is 38.1 Å². The predicted octanol–water partition coefficient (Wildman–Crippen LogP) is 6.12. The number of nitrogens with one attached hydrogen (secondary N) is 2. The minimum Gasteiger partial charge on any atom is -0.372 e. The maximum atomic E-state index is 13.8. The molecule has 0 aliphatic rings. The molecule has 14 heteroatoms. The van der Waals surface area contributed by atoms with Gasteiger partial charge in [-0.3, -0.25) is 0 Å². The normalized spacial score (nSPS) is 12.5. The maximum Gasteiger partial charge on any atom is 0.418 e. The van der Waals surface area contributed by atoms with Gasteiger partial charge < -0.3 is 15.4 Å². The number of thiazole rings is 1. The third-order valence-electron chi connectivity index (χ3n) is 5.69. The van der Waals surface area contributed by atoms with Gasteiger partial charge in [-0.1, -0.05) is 23.5 Å². The third kappa shape index (κ3) is 5.42. The van der Waals surface area contributed by atoms with E-state index in [4.69, 9.17) is 4.74 Å². The molecule has 5 aromatic rings. The summed E-state index contributed by atoms with van der Waals surface area (Å²) >= 11 is 1.34. The van der Waals surface area contributed by atoms with E-state index < -0.39 is 29.7 Å². The fourth-order valence-corrected chi connectivity index (χ4v) is 4.84. The molecule has 200 valence electrons. The average Bonchev–Trinajstić information content (AvgIpc) is 3.55. The van der Waals surface area contributed by atoms with Gasteiger partial charge in [-0.25, -0.2) is 19.2 Å². The molecule has 2 amide bonds. The number of halogens is 4. The van der Waals surface area contributed by atoms with Crippen molar-refractivity contribution in [2.75, 3.05) is 17.7 Å². The number of nitrogens with zero attached hydrogens (tertiary/aromatic N) is 5. The number of carbonyl (C=O) groups excluding carboxylic acids is 1. The van der Waals surface area contributed by atoms with Crippen molar-refractivity contribution >= 4 is 39.1 Å². The quantitative estimate of drug-likeness (QED) is 0.244. The number of aryl methyl sites for hydroxylation is 1. The van der Waals surface area contributed by atoms with Crippen LogP contribution in [0.3, 0.4) is 0 Å². The zero-order valence-electron chi connectivity index (χ0n) is 20.3. The number of benzene rings is 2. The summed E-state index contributed by atoms with van der Waals surface area (Å²) < 4.78 is 60.6. The Morgan fingerprint density at radius 3 is 2.46 bits per heavy atom. The summed E-state index contributed by atoms with van der Waals surface area (Å²) in [5, 5.41) is 13.3. The Hall–Kier alpha value is -4.43. The molecule has 0 saturated carbocycles. The van der Waals surface area contributed by atoms with E-state index in [1.165, 1.54) is 55.2 Å². The van der Waals surface area contributed by atoms with Crippen molar-refractivity contribution in [1.29, 1.82) is 0 Å². The number of alkyl halides is 3. The second-order valence-electron chi connectivity index (χ2n) is 8.27. The van der Waals surface area contributed by atoms with E-state index in [0.29, 0.717) is 21.5 Å². The van der Waals surface area contributed by atoms with Crippen LogP contribution < -0.4 is 10.6 Å². The summed E-state index contributed by atoms with van der Waals surface area (Å²) in [4.78, 5) is 23.3. The van der Waals surface area contributed by atoms with Gasteiger partial charge in [-0.15, -0.1) is 0 Å². The highest BCUT2D eigenvalue weighted by molar-refractivity contribution is 7.18. The van der Waals surface area contributed by atoms with Crippen LogP contribution >= 0.6 is 11.3 Å². The van der Waals surface area contributed by atoms with Gasteiger partial charge in [-0.05, 0) is 42.8 Å². The number of rotatable bonds is 6. The van der Waals surface area contributed by atoms with Crippen LogP contribution in [0.5, 0.6) is 0 Å². The maximum absolute atomic E-state index is 13.8. The molecule has 0 aliphatic heterocycles. The smallest absolute Gasteiger partial charge is 0.372 e. The highest BCUT2D eigenvalue weighted by Gasteiger charge is 2.35. The number of aromatic nitrogens is 5. The highest BCUT2D eigenvalue weighted by atomic mass is 32.1. The molecule has 39 heavy (non-hydrogen) atoms. The number of ether oxygens (including phenoxy) is 1. The number of hydrogen-bond donors (Lipinski definition) is 2. The highest BCUT2D eigenvalue weighted by Crippen LogP contribution is 2.38. The van der Waals surface area contributed by atoms with Gasteiger partial charge in [0.05, 0.1) is 40.5 Å². The Morgan fingerprint density at radius 1 is 1.08 bits per heavy atom. The number of amides is 2. The molecular weight excluding hydrogens is 538 g/mol. The molecule has 3 aromatic heterocycles. The van der Waals surface area contributed by atoms with E-state index in [-0.39, 0.29) is 17.1 Å². The van der Waals surface area contributed by atoms with Crippen LogP contribution in [0.15, 0.2) is 61.1 Å². The van der Waals surface area contributed by atoms with Crippen molar-refractivity contribution in [3.05, 3.63) is 88.6 Å². The van der Waals surface area contributed by atoms with E-state index >= 15 is 0 Å². The van der Waals surface area contributed by atoms with E-state index in [9.17, 15) is 22.4 Å². The molecule has 2 aromatic carbocycles. The molecular formula is C25H19F4N7O2S. The number of urea groups is 1. The van der Waals surface area contributed by atoms with Gasteiger partial charge >= 0.3 is 12.2 Å². The zero-order chi connectivity index (χ0) is 27.7. The molecule has 9 nitrogen and oxygen atoms in total. The molecule has 0 bridgehead atoms. The Bertz CT molecular complexity index is 1640. The SMILES string of the molecule is COC(c1ccc(F)cc1)c1c(NC(=O)Nc2ccc(-n3nccn3)c(C(F)(F)F)c2)cnc2sc(C)nc12. The van der Waals surface area contributed by atoms with Crippen molar-refractivity contribution in [1.82, 2.24) is 25.0 Å². The predicted molar refractivity (Wildman–Crippen MR) is 136 cm³/mol. The molecule has 0 saturated heterocycles. The zero-order valence-corrected chi connectivity index (χ0v) is 21.1. The first-order chi connectivity index (χ1) is 18.6. The molecule has 0 fully saturated rings. The topological polar surface area (TPSA) is 107 Å². The lowest BCUT2D eigenvalue weighted by Crippen LogP contribution is -2.22. The van der Waals surface area contributed by atoms with Crippen LogP contribution in [0, 0.1) is 12.7 Å². The molecule has 3 heterocycles. The number of methoxy groups -OCH3 is 1. The Balaban J connectivity index is 1.49. The van der Waals surface area contributed by atoms with Gasteiger partial charge in [0, 0.05) is 18.4 Å². The fraction of sp³-hybridized carbons (Fsp3) is 0.160. The number of fused-ring (bicyclic) bond motifs is 1. The van der Waals surface area contributed by atoms with Crippen molar-refractivity contribution in [2.45, 2.75) is 19.2 Å². The lowest BCUT2D eigenvalue weighted by Gasteiger charge is -2.20. The second-order valence-corrected chi connectivity index (χ2v) is 9.45. The Kier molecular flexibility index (Phi) is 6.97. The molecule has 1 unspecified atom stereocenters. The van der Waals surface area contributed by atoms with Crippen LogP contribution in [0.4, 0.5) is 33.7 Å². The molecule has 5 rings (SSSR count). The van der Waals surface area contributed by atoms with E-state index in [0.717, 1.165) is 21.9 Å². The van der Waals surface area contributed by atoms with E-state index in [2.05, 4.69) is 30.8 Å². The van der Waals surface area contributed by atoms with Crippen molar-refractivity contribution in [3.8, 4) is 5.69 Å². The Labute approximate surface area is 222 Å². The largest absolute Gasteiger partial charge is 0.418 e. The molecule has 0 spiro atoms. The van der Waals surface area contributed by atoms with Crippen molar-refractivity contribution in [3.63, 3.8) is 0 Å². The molecule has 1 atom stereocenters. The number of hydrogen-bond acceptors (Lipinski definition) is 7. The van der Waals surface area contributed by atoms with Crippen molar-refractivity contribution in [2.24, 2.45) is 0 Å². The Morgan fingerprint density at radius 2 is 1.79 bits per heavy atom. The summed E-state index contributed by atoms with van der Waals surface area (Å²) in [6.45, 7) is 1.80. The molecule has 0 radical (unpaired) electrons. The second kappa shape index (κ2) is 10.4. The lowest BCUT2D eigenvalue weighted by atomic mass is 10.00. The van der Waals surface area contributed by atoms with Crippen LogP contribution in [0.1, 0.15) is 27.8 Å². The molecule has 0 aliphatic carbocycles.